The van der Waals surface area contributed by atoms with Crippen molar-refractivity contribution in [2.45, 2.75) is 32.0 Å². The first-order valence-electron chi connectivity index (χ1n) is 8.35. The molecule has 0 radical (unpaired) electrons. The highest BCUT2D eigenvalue weighted by atomic mass is 16.3. The molecule has 1 aliphatic heterocycles. The van der Waals surface area contributed by atoms with Crippen molar-refractivity contribution in [3.63, 3.8) is 0 Å². The summed E-state index contributed by atoms with van der Waals surface area (Å²) >= 11 is 0. The lowest BCUT2D eigenvalue weighted by Gasteiger charge is -2.19. The van der Waals surface area contributed by atoms with E-state index >= 15 is 0 Å². The number of rotatable bonds is 5. The summed E-state index contributed by atoms with van der Waals surface area (Å²) in [5.74, 6) is 0. The molecule has 0 saturated heterocycles. The Morgan fingerprint density at radius 3 is 2.92 bits per heavy atom. The van der Waals surface area contributed by atoms with Gasteiger partial charge in [0, 0.05) is 45.0 Å². The number of aliphatic hydroxyl groups excluding tert-OH is 2. The minimum atomic E-state index is -0.961. The highest BCUT2D eigenvalue weighted by Crippen LogP contribution is 2.18. The zero-order valence-electron chi connectivity index (χ0n) is 14.2. The maximum Gasteiger partial charge on any atom is 0.328 e. The fourth-order valence-electron chi connectivity index (χ4n) is 3.07. The number of H-pyrrole nitrogens is 1. The molecule has 9 nitrogen and oxygen atoms in total. The van der Waals surface area contributed by atoms with Gasteiger partial charge in [-0.15, -0.1) is 0 Å². The number of nitrogens with one attached hydrogen (secondary N) is 1. The van der Waals surface area contributed by atoms with Crippen LogP contribution in [0.15, 0.2) is 21.9 Å². The predicted molar refractivity (Wildman–Crippen MR) is 90.2 cm³/mol. The van der Waals surface area contributed by atoms with Gasteiger partial charge in [0.2, 0.25) is 0 Å². The molecule has 1 unspecified atom stereocenters. The van der Waals surface area contributed by atoms with Crippen molar-refractivity contribution in [1.29, 1.82) is 0 Å². The maximum absolute atomic E-state index is 12.1. The van der Waals surface area contributed by atoms with E-state index in [1.807, 2.05) is 10.7 Å². The summed E-state index contributed by atoms with van der Waals surface area (Å²) < 4.78 is 2.95. The van der Waals surface area contributed by atoms with Gasteiger partial charge in [0.05, 0.1) is 18.0 Å². The number of hydrogen-bond acceptors (Lipinski definition) is 6. The third-order valence-electron chi connectivity index (χ3n) is 4.58. The van der Waals surface area contributed by atoms with Crippen molar-refractivity contribution in [3.8, 4) is 0 Å². The Hall–Kier alpha value is -2.23. The topological polar surface area (TPSA) is 116 Å². The summed E-state index contributed by atoms with van der Waals surface area (Å²) in [5, 5.41) is 23.2. The van der Waals surface area contributed by atoms with Crippen molar-refractivity contribution >= 4 is 0 Å². The molecular formula is C16H23N5O4. The molecule has 2 aromatic rings. The Kier molecular flexibility index (Phi) is 5.16. The first-order valence-corrected chi connectivity index (χ1v) is 8.35. The number of fused-ring (bicyclic) bond motifs is 1. The highest BCUT2D eigenvalue weighted by Gasteiger charge is 2.19. The molecule has 1 aliphatic rings. The molecule has 2 aromatic heterocycles. The number of aromatic nitrogens is 4. The monoisotopic (exact) mass is 349 g/mol. The lowest BCUT2D eigenvalue weighted by molar-refractivity contribution is 0.0916. The van der Waals surface area contributed by atoms with Crippen molar-refractivity contribution in [2.24, 2.45) is 7.05 Å². The normalized spacial score (nSPS) is 16.4. The SMILES string of the molecule is Cn1c(=O)[nH]cc(CCN2CCCn3nc(C(O)CO)cc3C2)c1=O. The van der Waals surface area contributed by atoms with Crippen LogP contribution in [0, 0.1) is 0 Å². The molecule has 136 valence electrons. The van der Waals surface area contributed by atoms with E-state index in [-0.39, 0.29) is 12.2 Å². The number of hydrogen-bond donors (Lipinski definition) is 3. The second-order valence-electron chi connectivity index (χ2n) is 6.34. The summed E-state index contributed by atoms with van der Waals surface area (Å²) in [6.07, 6.45) is 1.98. The second-order valence-corrected chi connectivity index (χ2v) is 6.34. The molecule has 0 saturated carbocycles. The van der Waals surface area contributed by atoms with E-state index in [4.69, 9.17) is 5.11 Å². The van der Waals surface area contributed by atoms with E-state index in [9.17, 15) is 14.7 Å². The smallest absolute Gasteiger partial charge is 0.328 e. The van der Waals surface area contributed by atoms with Crippen LogP contribution in [0.4, 0.5) is 0 Å². The lowest BCUT2D eigenvalue weighted by atomic mass is 10.2. The van der Waals surface area contributed by atoms with Gasteiger partial charge in [-0.2, -0.15) is 5.10 Å². The van der Waals surface area contributed by atoms with Gasteiger partial charge >= 0.3 is 5.69 Å². The summed E-state index contributed by atoms with van der Waals surface area (Å²) in [6, 6.07) is 1.82. The van der Waals surface area contributed by atoms with Gasteiger partial charge in [0.25, 0.3) is 5.56 Å². The molecule has 3 rings (SSSR count). The van der Waals surface area contributed by atoms with E-state index in [1.165, 1.54) is 13.2 Å². The molecule has 0 spiro atoms. The fraction of sp³-hybridized carbons (Fsp3) is 0.562. The molecule has 0 aliphatic carbocycles. The average Bonchev–Trinajstić information content (AvgIpc) is 2.91. The molecule has 3 heterocycles. The number of aliphatic hydroxyl groups is 2. The van der Waals surface area contributed by atoms with E-state index in [1.54, 1.807) is 0 Å². The molecule has 25 heavy (non-hydrogen) atoms. The van der Waals surface area contributed by atoms with Crippen molar-refractivity contribution in [3.05, 3.63) is 50.1 Å². The molecule has 0 fully saturated rings. The van der Waals surface area contributed by atoms with Crippen LogP contribution in [-0.2, 0) is 26.6 Å². The van der Waals surface area contributed by atoms with Crippen molar-refractivity contribution < 1.29 is 10.2 Å². The average molecular weight is 349 g/mol. The molecule has 0 amide bonds. The summed E-state index contributed by atoms with van der Waals surface area (Å²) in [5.41, 5.74) is 1.36. The van der Waals surface area contributed by atoms with Gasteiger partial charge in [-0.3, -0.25) is 18.9 Å². The molecule has 0 aromatic carbocycles. The zero-order chi connectivity index (χ0) is 18.0. The van der Waals surface area contributed by atoms with Crippen LogP contribution in [0.3, 0.4) is 0 Å². The maximum atomic E-state index is 12.1. The minimum absolute atomic E-state index is 0.267. The Morgan fingerprint density at radius 2 is 2.16 bits per heavy atom. The number of aromatic amines is 1. The van der Waals surface area contributed by atoms with Crippen LogP contribution >= 0.6 is 0 Å². The van der Waals surface area contributed by atoms with Gasteiger partial charge in [-0.05, 0) is 18.9 Å². The van der Waals surface area contributed by atoms with Crippen molar-refractivity contribution in [1.82, 2.24) is 24.2 Å². The largest absolute Gasteiger partial charge is 0.393 e. The first-order chi connectivity index (χ1) is 12.0. The van der Waals surface area contributed by atoms with Crippen LogP contribution in [0.5, 0.6) is 0 Å². The Morgan fingerprint density at radius 1 is 1.36 bits per heavy atom. The Labute approximate surface area is 144 Å². The van der Waals surface area contributed by atoms with Gasteiger partial charge in [-0.25, -0.2) is 4.79 Å². The quantitative estimate of drug-likeness (QED) is 0.621. The summed E-state index contributed by atoms with van der Waals surface area (Å²) in [4.78, 5) is 28.3. The van der Waals surface area contributed by atoms with E-state index in [0.29, 0.717) is 30.8 Å². The van der Waals surface area contributed by atoms with Crippen LogP contribution in [-0.4, -0.2) is 54.1 Å². The summed E-state index contributed by atoms with van der Waals surface area (Å²) in [6.45, 7) is 2.63. The Bertz CT molecular complexity index is 853. The third-order valence-corrected chi connectivity index (χ3v) is 4.58. The van der Waals surface area contributed by atoms with Gasteiger partial charge in [-0.1, -0.05) is 0 Å². The van der Waals surface area contributed by atoms with Crippen LogP contribution < -0.4 is 11.2 Å². The van der Waals surface area contributed by atoms with Crippen LogP contribution in [0.2, 0.25) is 0 Å². The standard InChI is InChI=1S/C16H23N5O4/c1-19-15(24)11(8-17-16(19)25)3-6-20-4-2-5-21-12(9-20)7-13(18-21)14(23)10-22/h7-8,14,22-23H,2-6,9-10H2,1H3,(H,17,25). The molecule has 9 heteroatoms. The molecule has 3 N–H and O–H groups in total. The van der Waals surface area contributed by atoms with Gasteiger partial charge < -0.3 is 15.2 Å². The highest BCUT2D eigenvalue weighted by molar-refractivity contribution is 5.14. The third kappa shape index (κ3) is 3.73. The van der Waals surface area contributed by atoms with E-state index < -0.39 is 11.8 Å². The summed E-state index contributed by atoms with van der Waals surface area (Å²) in [7, 11) is 1.46. The first kappa shape index (κ1) is 17.6. The fourth-order valence-corrected chi connectivity index (χ4v) is 3.07. The number of aryl methyl sites for hydroxylation is 1. The molecule has 1 atom stereocenters. The minimum Gasteiger partial charge on any atom is -0.393 e. The van der Waals surface area contributed by atoms with Gasteiger partial charge in [0.15, 0.2) is 0 Å². The number of nitrogens with zero attached hydrogens (tertiary/aromatic N) is 4. The van der Waals surface area contributed by atoms with Gasteiger partial charge in [0.1, 0.15) is 6.10 Å². The van der Waals surface area contributed by atoms with Crippen LogP contribution in [0.25, 0.3) is 0 Å². The van der Waals surface area contributed by atoms with E-state index in [2.05, 4.69) is 15.0 Å². The zero-order valence-corrected chi connectivity index (χ0v) is 14.2. The predicted octanol–water partition coefficient (Wildman–Crippen LogP) is -1.26. The van der Waals surface area contributed by atoms with Crippen molar-refractivity contribution in [2.75, 3.05) is 19.7 Å². The second kappa shape index (κ2) is 7.34. The molecular weight excluding hydrogens is 326 g/mol. The lowest BCUT2D eigenvalue weighted by Crippen LogP contribution is -2.35. The van der Waals surface area contributed by atoms with Crippen LogP contribution in [0.1, 0.15) is 29.5 Å². The molecule has 0 bridgehead atoms. The Balaban J connectivity index is 1.70. The van der Waals surface area contributed by atoms with E-state index in [0.717, 1.165) is 29.8 Å².